The van der Waals surface area contributed by atoms with Gasteiger partial charge in [0, 0.05) is 14.1 Å². The Morgan fingerprint density at radius 3 is 2.59 bits per heavy atom. The number of ether oxygens (including phenoxy) is 2. The van der Waals surface area contributed by atoms with Crippen LogP contribution in [-0.2, 0) is 11.3 Å². The molecule has 0 heterocycles. The van der Waals surface area contributed by atoms with E-state index in [-0.39, 0.29) is 30.7 Å². The maximum absolute atomic E-state index is 12.5. The van der Waals surface area contributed by atoms with Crippen LogP contribution in [0.15, 0.2) is 53.5 Å². The number of benzene rings is 2. The molecule has 0 aliphatic heterocycles. The summed E-state index contributed by atoms with van der Waals surface area (Å²) in [6.07, 6.45) is -4.82. The molecule has 0 bridgehead atoms. The lowest BCUT2D eigenvalue weighted by atomic mass is 10.2. The number of rotatable bonds is 7. The standard InChI is InChI=1S/C19H21F3N4O3/c1-26(2)17(27)12-28-14-7-5-6-13(10-14)11-24-18(23)25-15-8-3-4-9-16(15)29-19(20,21)22/h3-10H,11-12H2,1-2H3,(H3,23,24,25). The number of carbonyl (C=O) groups excluding carboxylic acids is 1. The van der Waals surface area contributed by atoms with Crippen LogP contribution < -0.4 is 20.5 Å². The fourth-order valence-electron chi connectivity index (χ4n) is 2.15. The summed E-state index contributed by atoms with van der Waals surface area (Å²) < 4.78 is 46.8. The third-order valence-electron chi connectivity index (χ3n) is 3.57. The molecular formula is C19H21F3N4O3. The monoisotopic (exact) mass is 410 g/mol. The normalized spacial score (nSPS) is 11.7. The number of nitrogens with one attached hydrogen (secondary N) is 1. The zero-order valence-electron chi connectivity index (χ0n) is 15.9. The first-order chi connectivity index (χ1) is 13.6. The van der Waals surface area contributed by atoms with Gasteiger partial charge in [0.05, 0.1) is 12.2 Å². The minimum absolute atomic E-state index is 0.0327. The topological polar surface area (TPSA) is 89.2 Å². The molecule has 2 rings (SSSR count). The lowest BCUT2D eigenvalue weighted by Crippen LogP contribution is -2.27. The summed E-state index contributed by atoms with van der Waals surface area (Å²) >= 11 is 0. The van der Waals surface area contributed by atoms with Crippen LogP contribution in [0.4, 0.5) is 18.9 Å². The average molecular weight is 410 g/mol. The molecule has 2 aromatic rings. The number of anilines is 1. The predicted molar refractivity (Wildman–Crippen MR) is 103 cm³/mol. The van der Waals surface area contributed by atoms with Gasteiger partial charge in [-0.1, -0.05) is 24.3 Å². The van der Waals surface area contributed by atoms with Gasteiger partial charge in [-0.3, -0.25) is 4.79 Å². The largest absolute Gasteiger partial charge is 0.573 e. The van der Waals surface area contributed by atoms with Crippen molar-refractivity contribution in [3.05, 3.63) is 54.1 Å². The molecule has 3 N–H and O–H groups in total. The van der Waals surface area contributed by atoms with Crippen molar-refractivity contribution in [2.45, 2.75) is 12.9 Å². The maximum Gasteiger partial charge on any atom is 0.573 e. The highest BCUT2D eigenvalue weighted by Crippen LogP contribution is 2.29. The third-order valence-corrected chi connectivity index (χ3v) is 3.57. The number of hydrogen-bond donors (Lipinski definition) is 2. The smallest absolute Gasteiger partial charge is 0.484 e. The Morgan fingerprint density at radius 2 is 1.90 bits per heavy atom. The van der Waals surface area contributed by atoms with E-state index in [0.717, 1.165) is 5.56 Å². The van der Waals surface area contributed by atoms with Crippen molar-refractivity contribution in [2.24, 2.45) is 10.7 Å². The molecule has 7 nitrogen and oxygen atoms in total. The molecule has 156 valence electrons. The Hall–Kier alpha value is -3.43. The fourth-order valence-corrected chi connectivity index (χ4v) is 2.15. The Balaban J connectivity index is 2.00. The van der Waals surface area contributed by atoms with Gasteiger partial charge in [0.15, 0.2) is 18.3 Å². The van der Waals surface area contributed by atoms with Crippen molar-refractivity contribution >= 4 is 17.6 Å². The van der Waals surface area contributed by atoms with Gasteiger partial charge in [-0.15, -0.1) is 13.2 Å². The van der Waals surface area contributed by atoms with E-state index in [1.807, 2.05) is 0 Å². The molecule has 2 aromatic carbocycles. The highest BCUT2D eigenvalue weighted by atomic mass is 19.4. The van der Waals surface area contributed by atoms with E-state index in [0.29, 0.717) is 5.75 Å². The van der Waals surface area contributed by atoms with Crippen LogP contribution in [0.3, 0.4) is 0 Å². The Kier molecular flexibility index (Phi) is 7.29. The summed E-state index contributed by atoms with van der Waals surface area (Å²) in [7, 11) is 3.26. The summed E-state index contributed by atoms with van der Waals surface area (Å²) in [5.41, 5.74) is 6.55. The molecule has 29 heavy (non-hydrogen) atoms. The quantitative estimate of drug-likeness (QED) is 0.541. The van der Waals surface area contributed by atoms with E-state index in [2.05, 4.69) is 15.0 Å². The summed E-state index contributed by atoms with van der Waals surface area (Å²) in [5.74, 6) is -0.193. The molecule has 0 aliphatic carbocycles. The lowest BCUT2D eigenvalue weighted by Gasteiger charge is -2.14. The number of aliphatic imine (C=N–C) groups is 1. The van der Waals surface area contributed by atoms with E-state index in [1.165, 1.54) is 29.2 Å². The van der Waals surface area contributed by atoms with Crippen LogP contribution in [0.5, 0.6) is 11.5 Å². The van der Waals surface area contributed by atoms with Crippen molar-refractivity contribution in [1.29, 1.82) is 0 Å². The molecule has 0 unspecified atom stereocenters. The number of amides is 1. The van der Waals surface area contributed by atoms with Crippen LogP contribution >= 0.6 is 0 Å². The van der Waals surface area contributed by atoms with Gasteiger partial charge < -0.3 is 25.4 Å². The average Bonchev–Trinajstić information content (AvgIpc) is 2.65. The predicted octanol–water partition coefficient (Wildman–Crippen LogP) is 2.98. The molecule has 0 aromatic heterocycles. The van der Waals surface area contributed by atoms with E-state index in [1.54, 1.807) is 38.4 Å². The van der Waals surface area contributed by atoms with E-state index < -0.39 is 12.1 Å². The number of likely N-dealkylation sites (N-methyl/N-ethyl adjacent to an activating group) is 1. The van der Waals surface area contributed by atoms with Crippen molar-refractivity contribution in [2.75, 3.05) is 26.0 Å². The van der Waals surface area contributed by atoms with Crippen molar-refractivity contribution in [1.82, 2.24) is 4.90 Å². The number of nitrogens with two attached hydrogens (primary N) is 1. The first-order valence-corrected chi connectivity index (χ1v) is 8.47. The summed E-state index contributed by atoms with van der Waals surface area (Å²) in [4.78, 5) is 17.1. The molecule has 0 saturated carbocycles. The molecule has 0 saturated heterocycles. The molecule has 0 aliphatic rings. The summed E-state index contributed by atoms with van der Waals surface area (Å²) in [6.45, 7) is 0.0549. The lowest BCUT2D eigenvalue weighted by molar-refractivity contribution is -0.274. The second kappa shape index (κ2) is 9.67. The number of carbonyl (C=O) groups is 1. The van der Waals surface area contributed by atoms with E-state index in [4.69, 9.17) is 10.5 Å². The van der Waals surface area contributed by atoms with Gasteiger partial charge in [-0.2, -0.15) is 0 Å². The number of halogens is 3. The van der Waals surface area contributed by atoms with Crippen LogP contribution in [0.1, 0.15) is 5.56 Å². The number of hydrogen-bond acceptors (Lipinski definition) is 4. The van der Waals surface area contributed by atoms with Crippen molar-refractivity contribution in [3.63, 3.8) is 0 Å². The Morgan fingerprint density at radius 1 is 1.17 bits per heavy atom. The molecular weight excluding hydrogens is 389 g/mol. The van der Waals surface area contributed by atoms with Crippen molar-refractivity contribution in [3.8, 4) is 11.5 Å². The first kappa shape index (κ1) is 21.9. The Bertz CT molecular complexity index is 870. The van der Waals surface area contributed by atoms with Gasteiger partial charge in [-0.25, -0.2) is 4.99 Å². The fraction of sp³-hybridized carbons (Fsp3) is 0.263. The van der Waals surface area contributed by atoms with E-state index in [9.17, 15) is 18.0 Å². The minimum Gasteiger partial charge on any atom is -0.484 e. The number of para-hydroxylation sites is 2. The van der Waals surface area contributed by atoms with Gasteiger partial charge in [0.2, 0.25) is 0 Å². The molecule has 0 radical (unpaired) electrons. The first-order valence-electron chi connectivity index (χ1n) is 8.47. The number of alkyl halides is 3. The molecule has 0 spiro atoms. The maximum atomic E-state index is 12.5. The van der Waals surface area contributed by atoms with Gasteiger partial charge >= 0.3 is 6.36 Å². The third kappa shape index (κ3) is 7.60. The molecule has 0 fully saturated rings. The van der Waals surface area contributed by atoms with Gasteiger partial charge in [0.25, 0.3) is 5.91 Å². The highest BCUT2D eigenvalue weighted by molar-refractivity contribution is 5.93. The van der Waals surface area contributed by atoms with Crippen LogP contribution in [0, 0.1) is 0 Å². The zero-order valence-corrected chi connectivity index (χ0v) is 15.9. The second-order valence-electron chi connectivity index (χ2n) is 6.09. The number of guanidine groups is 1. The van der Waals surface area contributed by atoms with Gasteiger partial charge in [-0.05, 0) is 29.8 Å². The highest BCUT2D eigenvalue weighted by Gasteiger charge is 2.32. The summed E-state index contributed by atoms with van der Waals surface area (Å²) in [5, 5.41) is 2.59. The minimum atomic E-state index is -4.82. The van der Waals surface area contributed by atoms with Crippen LogP contribution in [-0.4, -0.2) is 43.8 Å². The molecule has 10 heteroatoms. The van der Waals surface area contributed by atoms with Gasteiger partial charge in [0.1, 0.15) is 5.75 Å². The number of nitrogens with zero attached hydrogens (tertiary/aromatic N) is 2. The molecule has 0 atom stereocenters. The SMILES string of the molecule is CN(C)C(=O)COc1cccc(CN=C(N)Nc2ccccc2OC(F)(F)F)c1. The van der Waals surface area contributed by atoms with Crippen molar-refractivity contribution < 1.29 is 27.4 Å². The van der Waals surface area contributed by atoms with Crippen LogP contribution in [0.2, 0.25) is 0 Å². The molecule has 1 amide bonds. The Labute approximate surface area is 165 Å². The summed E-state index contributed by atoms with van der Waals surface area (Å²) in [6, 6.07) is 12.4. The van der Waals surface area contributed by atoms with E-state index >= 15 is 0 Å². The second-order valence-corrected chi connectivity index (χ2v) is 6.09. The zero-order chi connectivity index (χ0) is 21.4. The van der Waals surface area contributed by atoms with Crippen LogP contribution in [0.25, 0.3) is 0 Å².